The second kappa shape index (κ2) is 8.08. The number of carbonyl (C=O) groups excluding carboxylic acids is 2. The molecule has 3 aromatic rings. The Hall–Kier alpha value is -2.77. The first kappa shape index (κ1) is 18.6. The lowest BCUT2D eigenvalue weighted by Crippen LogP contribution is -2.46. The average molecular weight is 440 g/mol. The van der Waals surface area contributed by atoms with Crippen molar-refractivity contribution in [3.05, 3.63) is 70.8 Å². The van der Waals surface area contributed by atoms with E-state index in [-0.39, 0.29) is 6.10 Å². The van der Waals surface area contributed by atoms with Crippen LogP contribution < -0.4 is 5.32 Å². The summed E-state index contributed by atoms with van der Waals surface area (Å²) in [4.78, 5) is 31.1. The number of fused-ring (bicyclic) bond motifs is 1. The molecule has 2 aromatic carbocycles. The number of hydrogen-bond acceptors (Lipinski definition) is 4. The summed E-state index contributed by atoms with van der Waals surface area (Å²) in [5.74, 6) is -1.22. The Kier molecular flexibility index (Phi) is 5.36. The average Bonchev–Trinajstić information content (AvgIpc) is 2.74. The maximum absolute atomic E-state index is 12.7. The van der Waals surface area contributed by atoms with Crippen LogP contribution in [0.5, 0.6) is 0 Å². The van der Waals surface area contributed by atoms with E-state index >= 15 is 0 Å². The van der Waals surface area contributed by atoms with E-state index in [1.807, 2.05) is 36.4 Å². The van der Waals surface area contributed by atoms with Gasteiger partial charge in [0.1, 0.15) is 6.10 Å². The maximum Gasteiger partial charge on any atom is 0.313 e. The van der Waals surface area contributed by atoms with Gasteiger partial charge in [-0.1, -0.05) is 34.1 Å². The molecule has 2 heterocycles. The lowest BCUT2D eigenvalue weighted by atomic mass is 10.1. The van der Waals surface area contributed by atoms with Crippen LogP contribution in [0.15, 0.2) is 65.3 Å². The minimum Gasteiger partial charge on any atom is -0.370 e. The van der Waals surface area contributed by atoms with E-state index in [4.69, 9.17) is 4.74 Å². The number of amides is 2. The smallest absolute Gasteiger partial charge is 0.313 e. The van der Waals surface area contributed by atoms with E-state index in [0.717, 1.165) is 20.9 Å². The lowest BCUT2D eigenvalue weighted by molar-refractivity contribution is -0.148. The van der Waals surface area contributed by atoms with Crippen molar-refractivity contribution < 1.29 is 14.3 Å². The number of rotatable bonds is 2. The van der Waals surface area contributed by atoms with Gasteiger partial charge in [0.05, 0.1) is 24.4 Å². The van der Waals surface area contributed by atoms with Crippen LogP contribution >= 0.6 is 15.9 Å². The molecule has 0 radical (unpaired) electrons. The molecule has 1 saturated heterocycles. The summed E-state index contributed by atoms with van der Waals surface area (Å²) >= 11 is 3.41. The molecule has 7 heteroatoms. The van der Waals surface area contributed by atoms with Gasteiger partial charge in [-0.05, 0) is 42.0 Å². The number of carbonyl (C=O) groups is 2. The highest BCUT2D eigenvalue weighted by Crippen LogP contribution is 2.25. The highest BCUT2D eigenvalue weighted by Gasteiger charge is 2.29. The molecular weight excluding hydrogens is 422 g/mol. The molecular formula is C21H18BrN3O3. The second-order valence-electron chi connectivity index (χ2n) is 6.49. The summed E-state index contributed by atoms with van der Waals surface area (Å²) in [7, 11) is 0. The van der Waals surface area contributed by atoms with Crippen molar-refractivity contribution in [1.82, 2.24) is 9.88 Å². The van der Waals surface area contributed by atoms with Crippen LogP contribution in [0.1, 0.15) is 11.7 Å². The van der Waals surface area contributed by atoms with E-state index < -0.39 is 11.8 Å². The third kappa shape index (κ3) is 3.90. The summed E-state index contributed by atoms with van der Waals surface area (Å²) in [6, 6.07) is 16.8. The molecule has 0 unspecified atom stereocenters. The van der Waals surface area contributed by atoms with Crippen LogP contribution in [0.4, 0.5) is 5.69 Å². The fourth-order valence-electron chi connectivity index (χ4n) is 3.24. The van der Waals surface area contributed by atoms with Crippen LogP contribution in [0.3, 0.4) is 0 Å². The van der Waals surface area contributed by atoms with Gasteiger partial charge in [-0.25, -0.2) is 0 Å². The molecule has 1 fully saturated rings. The summed E-state index contributed by atoms with van der Waals surface area (Å²) in [5.41, 5.74) is 2.30. The Morgan fingerprint density at radius 1 is 1.11 bits per heavy atom. The number of pyridine rings is 1. The van der Waals surface area contributed by atoms with E-state index in [2.05, 4.69) is 26.2 Å². The predicted octanol–water partition coefficient (Wildman–Crippen LogP) is 3.54. The van der Waals surface area contributed by atoms with Gasteiger partial charge >= 0.3 is 11.8 Å². The van der Waals surface area contributed by atoms with Crippen LogP contribution in [0.2, 0.25) is 0 Å². The molecule has 1 N–H and O–H groups in total. The van der Waals surface area contributed by atoms with Crippen molar-refractivity contribution in [1.29, 1.82) is 0 Å². The molecule has 1 aromatic heterocycles. The van der Waals surface area contributed by atoms with Gasteiger partial charge in [-0.2, -0.15) is 0 Å². The van der Waals surface area contributed by atoms with Gasteiger partial charge in [-0.15, -0.1) is 0 Å². The van der Waals surface area contributed by atoms with E-state index in [9.17, 15) is 9.59 Å². The van der Waals surface area contributed by atoms with Gasteiger partial charge in [0.15, 0.2) is 0 Å². The molecule has 0 aliphatic carbocycles. The fourth-order valence-corrected chi connectivity index (χ4v) is 3.51. The number of morpholine rings is 1. The first-order valence-electron chi connectivity index (χ1n) is 8.93. The van der Waals surface area contributed by atoms with Crippen molar-refractivity contribution in [2.75, 3.05) is 25.0 Å². The van der Waals surface area contributed by atoms with E-state index in [1.54, 1.807) is 24.4 Å². The molecule has 6 nitrogen and oxygen atoms in total. The molecule has 1 aliphatic heterocycles. The minimum absolute atomic E-state index is 0.250. The van der Waals surface area contributed by atoms with Crippen molar-refractivity contribution in [3.8, 4) is 0 Å². The Morgan fingerprint density at radius 2 is 1.93 bits per heavy atom. The molecule has 0 spiro atoms. The number of nitrogens with zero attached hydrogens (tertiary/aromatic N) is 2. The van der Waals surface area contributed by atoms with Crippen LogP contribution in [-0.2, 0) is 14.3 Å². The highest BCUT2D eigenvalue weighted by atomic mass is 79.9. The normalized spacial score (nSPS) is 16.8. The zero-order chi connectivity index (χ0) is 19.5. The number of aromatic nitrogens is 1. The third-order valence-corrected chi connectivity index (χ3v) is 5.21. The van der Waals surface area contributed by atoms with Gasteiger partial charge in [0.2, 0.25) is 0 Å². The highest BCUT2D eigenvalue weighted by molar-refractivity contribution is 9.10. The summed E-state index contributed by atoms with van der Waals surface area (Å²) < 4.78 is 6.77. The van der Waals surface area contributed by atoms with E-state index in [0.29, 0.717) is 25.4 Å². The fraction of sp³-hybridized carbons (Fsp3) is 0.190. The Bertz CT molecular complexity index is 1020. The van der Waals surface area contributed by atoms with Gasteiger partial charge in [-0.3, -0.25) is 14.6 Å². The molecule has 28 heavy (non-hydrogen) atoms. The molecule has 1 aliphatic rings. The first-order chi connectivity index (χ1) is 13.6. The largest absolute Gasteiger partial charge is 0.370 e. The van der Waals surface area contributed by atoms with Crippen LogP contribution in [0.25, 0.3) is 10.9 Å². The predicted molar refractivity (Wildman–Crippen MR) is 110 cm³/mol. The minimum atomic E-state index is -0.659. The zero-order valence-corrected chi connectivity index (χ0v) is 16.6. The number of hydrogen-bond donors (Lipinski definition) is 1. The number of nitrogens with one attached hydrogen (secondary N) is 1. The van der Waals surface area contributed by atoms with Gasteiger partial charge in [0.25, 0.3) is 0 Å². The number of benzene rings is 2. The summed E-state index contributed by atoms with van der Waals surface area (Å²) in [6.07, 6.45) is 1.44. The molecule has 4 rings (SSSR count). The molecule has 2 amide bonds. The molecule has 0 saturated carbocycles. The monoisotopic (exact) mass is 439 g/mol. The SMILES string of the molecule is O=C(Nc1cccc2ncccc12)C(=O)N1CCO[C@H](c2ccc(Br)cc2)C1. The number of ether oxygens (including phenoxy) is 1. The van der Waals surface area contributed by atoms with Gasteiger partial charge in [0, 0.05) is 22.6 Å². The Labute approximate surface area is 170 Å². The molecule has 142 valence electrons. The summed E-state index contributed by atoms with van der Waals surface area (Å²) in [6.45, 7) is 1.11. The second-order valence-corrected chi connectivity index (χ2v) is 7.41. The number of halogens is 1. The Morgan fingerprint density at radius 3 is 2.75 bits per heavy atom. The van der Waals surface area contributed by atoms with Crippen LogP contribution in [-0.4, -0.2) is 41.4 Å². The standard InChI is InChI=1S/C21H18BrN3O3/c22-15-8-6-14(7-9-15)19-13-25(11-12-28-19)21(27)20(26)24-18-5-1-4-17-16(18)3-2-10-23-17/h1-10,19H,11-13H2,(H,24,26)/t19-/m0/s1. The quantitative estimate of drug-likeness (QED) is 0.619. The lowest BCUT2D eigenvalue weighted by Gasteiger charge is -2.32. The number of anilines is 1. The van der Waals surface area contributed by atoms with Gasteiger partial charge < -0.3 is 15.0 Å². The maximum atomic E-state index is 12.7. The van der Waals surface area contributed by atoms with Crippen molar-refractivity contribution in [2.24, 2.45) is 0 Å². The zero-order valence-electron chi connectivity index (χ0n) is 15.0. The van der Waals surface area contributed by atoms with Crippen molar-refractivity contribution in [3.63, 3.8) is 0 Å². The van der Waals surface area contributed by atoms with E-state index in [1.165, 1.54) is 4.90 Å². The van der Waals surface area contributed by atoms with Crippen molar-refractivity contribution >= 4 is 44.3 Å². The Balaban J connectivity index is 1.47. The summed E-state index contributed by atoms with van der Waals surface area (Å²) in [5, 5.41) is 3.52. The third-order valence-electron chi connectivity index (χ3n) is 4.68. The first-order valence-corrected chi connectivity index (χ1v) is 9.72. The van der Waals surface area contributed by atoms with Crippen LogP contribution in [0, 0.1) is 0 Å². The van der Waals surface area contributed by atoms with Crippen molar-refractivity contribution in [2.45, 2.75) is 6.10 Å². The topological polar surface area (TPSA) is 71.5 Å². The molecule has 0 bridgehead atoms. The molecule has 1 atom stereocenters.